The Balaban J connectivity index is 4.37. The van der Waals surface area contributed by atoms with E-state index >= 15 is 0 Å². The number of rotatable bonds is 9. The molecule has 6 nitrogen and oxygen atoms in total. The zero-order chi connectivity index (χ0) is 15.3. The quantitative estimate of drug-likeness (QED) is 0.603. The van der Waals surface area contributed by atoms with Crippen molar-refractivity contribution in [2.24, 2.45) is 5.73 Å². The molecule has 0 bridgehead atoms. The van der Waals surface area contributed by atoms with Crippen LogP contribution >= 0.6 is 0 Å². The predicted octanol–water partition coefficient (Wildman–Crippen LogP) is -0.405. The average Bonchev–Trinajstić information content (AvgIpc) is 2.21. The Morgan fingerprint density at radius 2 is 1.89 bits per heavy atom. The minimum Gasteiger partial charge on any atom is -0.368 e. The van der Waals surface area contributed by atoms with Crippen LogP contribution in [0.4, 0.5) is 0 Å². The molecule has 0 aliphatic heterocycles. The van der Waals surface area contributed by atoms with Gasteiger partial charge < -0.3 is 16.0 Å². The van der Waals surface area contributed by atoms with E-state index in [-0.39, 0.29) is 11.8 Å². The largest absolute Gasteiger partial charge is 0.368 e. The Labute approximate surface area is 116 Å². The van der Waals surface area contributed by atoms with Crippen LogP contribution < -0.4 is 11.1 Å². The van der Waals surface area contributed by atoms with Crippen molar-refractivity contribution in [1.29, 1.82) is 0 Å². The van der Waals surface area contributed by atoms with Gasteiger partial charge in [-0.05, 0) is 34.2 Å². The lowest BCUT2D eigenvalue weighted by Gasteiger charge is -2.31. The van der Waals surface area contributed by atoms with E-state index in [1.165, 1.54) is 6.26 Å². The summed E-state index contributed by atoms with van der Waals surface area (Å²) < 4.78 is 22.2. The lowest BCUT2D eigenvalue weighted by Crippen LogP contribution is -2.56. The highest BCUT2D eigenvalue weighted by molar-refractivity contribution is 7.90. The number of carbonyl (C=O) groups excluding carboxylic acids is 1. The van der Waals surface area contributed by atoms with Gasteiger partial charge in [0.15, 0.2) is 0 Å². The van der Waals surface area contributed by atoms with Gasteiger partial charge >= 0.3 is 0 Å². The molecule has 19 heavy (non-hydrogen) atoms. The highest BCUT2D eigenvalue weighted by Gasteiger charge is 2.31. The van der Waals surface area contributed by atoms with Gasteiger partial charge in [-0.3, -0.25) is 4.79 Å². The molecule has 0 saturated heterocycles. The van der Waals surface area contributed by atoms with Gasteiger partial charge in [0, 0.05) is 25.4 Å². The summed E-state index contributed by atoms with van der Waals surface area (Å²) in [4.78, 5) is 13.4. The topological polar surface area (TPSA) is 92.5 Å². The normalized spacial score (nSPS) is 15.7. The maximum absolute atomic E-state index is 11.5. The van der Waals surface area contributed by atoms with Crippen LogP contribution in [0.1, 0.15) is 27.2 Å². The first-order valence-corrected chi connectivity index (χ1v) is 8.46. The lowest BCUT2D eigenvalue weighted by atomic mass is 9.95. The van der Waals surface area contributed by atoms with E-state index < -0.39 is 21.3 Å². The third kappa shape index (κ3) is 8.18. The number of primary amides is 1. The smallest absolute Gasteiger partial charge is 0.237 e. The average molecular weight is 293 g/mol. The molecule has 1 unspecified atom stereocenters. The van der Waals surface area contributed by atoms with E-state index in [9.17, 15) is 13.2 Å². The van der Waals surface area contributed by atoms with Crippen molar-refractivity contribution in [3.63, 3.8) is 0 Å². The minimum absolute atomic E-state index is 0.119. The standard InChI is InChI=1S/C12H27N3O3S/c1-10(2)14-12(3,11(13)16)6-7-15(4)8-9-19(5,17)18/h10,14H,6-9H2,1-5H3,(H2,13,16). The van der Waals surface area contributed by atoms with Crippen LogP contribution in [0.2, 0.25) is 0 Å². The second-order valence-electron chi connectivity index (χ2n) is 5.68. The lowest BCUT2D eigenvalue weighted by molar-refractivity contribution is -0.124. The van der Waals surface area contributed by atoms with Gasteiger partial charge in [-0.1, -0.05) is 0 Å². The minimum atomic E-state index is -2.96. The summed E-state index contributed by atoms with van der Waals surface area (Å²) in [6, 6.07) is 0.152. The molecule has 0 fully saturated rings. The summed E-state index contributed by atoms with van der Waals surface area (Å²) in [6.45, 7) is 6.74. The summed E-state index contributed by atoms with van der Waals surface area (Å²) in [5.74, 6) is -0.272. The number of hydrogen-bond acceptors (Lipinski definition) is 5. The summed E-state index contributed by atoms with van der Waals surface area (Å²) in [5, 5.41) is 3.16. The molecule has 0 aromatic carbocycles. The maximum atomic E-state index is 11.5. The molecule has 0 aliphatic carbocycles. The number of sulfone groups is 1. The first-order chi connectivity index (χ1) is 8.46. The predicted molar refractivity (Wildman–Crippen MR) is 77.7 cm³/mol. The Morgan fingerprint density at radius 1 is 1.37 bits per heavy atom. The molecule has 0 saturated carbocycles. The van der Waals surface area contributed by atoms with Crippen molar-refractivity contribution in [2.75, 3.05) is 32.1 Å². The van der Waals surface area contributed by atoms with E-state index in [1.807, 2.05) is 25.8 Å². The fraction of sp³-hybridized carbons (Fsp3) is 0.917. The molecular weight excluding hydrogens is 266 g/mol. The third-order valence-corrected chi connectivity index (χ3v) is 3.91. The molecule has 0 aromatic rings. The van der Waals surface area contributed by atoms with Gasteiger partial charge in [-0.2, -0.15) is 0 Å². The molecule has 3 N–H and O–H groups in total. The van der Waals surface area contributed by atoms with E-state index in [4.69, 9.17) is 5.73 Å². The summed E-state index contributed by atoms with van der Waals surface area (Å²) in [6.07, 6.45) is 1.76. The third-order valence-electron chi connectivity index (χ3n) is 2.99. The van der Waals surface area contributed by atoms with Gasteiger partial charge in [0.2, 0.25) is 5.91 Å². The fourth-order valence-corrected chi connectivity index (χ4v) is 2.39. The number of nitrogens with one attached hydrogen (secondary N) is 1. The SMILES string of the molecule is CC(C)NC(C)(CCN(C)CCS(C)(=O)=O)C(N)=O. The van der Waals surface area contributed by atoms with Crippen LogP contribution in [-0.2, 0) is 14.6 Å². The maximum Gasteiger partial charge on any atom is 0.237 e. The van der Waals surface area contributed by atoms with Crippen molar-refractivity contribution in [3.8, 4) is 0 Å². The summed E-state index contributed by atoms with van der Waals surface area (Å²) in [5.41, 5.74) is 4.66. The van der Waals surface area contributed by atoms with Crippen LogP contribution in [0.5, 0.6) is 0 Å². The molecule has 0 aromatic heterocycles. The number of hydrogen-bond donors (Lipinski definition) is 2. The Bertz CT molecular complexity index is 395. The van der Waals surface area contributed by atoms with Crippen molar-refractivity contribution < 1.29 is 13.2 Å². The molecule has 0 heterocycles. The van der Waals surface area contributed by atoms with E-state index in [1.54, 1.807) is 6.92 Å². The van der Waals surface area contributed by atoms with Crippen LogP contribution in [0.15, 0.2) is 0 Å². The molecule has 0 rings (SSSR count). The van der Waals surface area contributed by atoms with Gasteiger partial charge in [0.25, 0.3) is 0 Å². The van der Waals surface area contributed by atoms with Gasteiger partial charge in [0.05, 0.1) is 11.3 Å². The van der Waals surface area contributed by atoms with E-state index in [0.717, 1.165) is 0 Å². The monoisotopic (exact) mass is 293 g/mol. The Kier molecular flexibility index (Phi) is 6.96. The number of amides is 1. The highest BCUT2D eigenvalue weighted by Crippen LogP contribution is 2.11. The second-order valence-corrected chi connectivity index (χ2v) is 7.94. The first kappa shape index (κ1) is 18.3. The van der Waals surface area contributed by atoms with Crippen molar-refractivity contribution in [3.05, 3.63) is 0 Å². The van der Waals surface area contributed by atoms with Crippen LogP contribution in [0, 0.1) is 0 Å². The number of carbonyl (C=O) groups is 1. The van der Waals surface area contributed by atoms with E-state index in [2.05, 4.69) is 5.32 Å². The number of nitrogens with two attached hydrogens (primary N) is 1. The van der Waals surface area contributed by atoms with Gasteiger partial charge in [-0.15, -0.1) is 0 Å². The molecule has 0 radical (unpaired) electrons. The van der Waals surface area contributed by atoms with Crippen LogP contribution in [-0.4, -0.2) is 63.0 Å². The summed E-state index contributed by atoms with van der Waals surface area (Å²) in [7, 11) is -1.12. The second kappa shape index (κ2) is 7.21. The fourth-order valence-electron chi connectivity index (χ4n) is 1.75. The van der Waals surface area contributed by atoms with Crippen molar-refractivity contribution in [2.45, 2.75) is 38.8 Å². The van der Waals surface area contributed by atoms with Crippen molar-refractivity contribution >= 4 is 15.7 Å². The van der Waals surface area contributed by atoms with Gasteiger partial charge in [0.1, 0.15) is 9.84 Å². The molecular formula is C12H27N3O3S. The molecule has 0 spiro atoms. The molecule has 1 amide bonds. The highest BCUT2D eigenvalue weighted by atomic mass is 32.2. The zero-order valence-corrected chi connectivity index (χ0v) is 13.4. The van der Waals surface area contributed by atoms with Crippen LogP contribution in [0.25, 0.3) is 0 Å². The van der Waals surface area contributed by atoms with E-state index in [0.29, 0.717) is 19.5 Å². The Morgan fingerprint density at radius 3 is 2.26 bits per heavy atom. The molecule has 0 aliphatic rings. The van der Waals surface area contributed by atoms with Gasteiger partial charge in [-0.25, -0.2) is 8.42 Å². The number of nitrogens with zero attached hydrogens (tertiary/aromatic N) is 1. The van der Waals surface area contributed by atoms with Crippen LogP contribution in [0.3, 0.4) is 0 Å². The summed E-state index contributed by atoms with van der Waals surface area (Å²) >= 11 is 0. The first-order valence-electron chi connectivity index (χ1n) is 6.40. The molecule has 114 valence electrons. The molecule has 1 atom stereocenters. The van der Waals surface area contributed by atoms with Crippen molar-refractivity contribution in [1.82, 2.24) is 10.2 Å². The zero-order valence-electron chi connectivity index (χ0n) is 12.6. The Hall–Kier alpha value is -0.660. The molecule has 7 heteroatoms.